The molecular formula is C17H20N4O2. The summed E-state index contributed by atoms with van der Waals surface area (Å²) in [6.45, 7) is 3.55. The number of aryl methyl sites for hydroxylation is 1. The summed E-state index contributed by atoms with van der Waals surface area (Å²) in [5, 5.41) is 14.4. The Kier molecular flexibility index (Phi) is 4.41. The summed E-state index contributed by atoms with van der Waals surface area (Å²) in [4.78, 5) is 16.9. The van der Waals surface area contributed by atoms with Gasteiger partial charge in [0.1, 0.15) is 12.0 Å². The van der Waals surface area contributed by atoms with E-state index < -0.39 is 0 Å². The molecule has 6 nitrogen and oxygen atoms in total. The van der Waals surface area contributed by atoms with Gasteiger partial charge in [0.05, 0.1) is 4.92 Å². The third kappa shape index (κ3) is 3.59. The number of pyridine rings is 1. The number of piperidine rings is 1. The summed E-state index contributed by atoms with van der Waals surface area (Å²) < 4.78 is 0. The first-order chi connectivity index (χ1) is 11.1. The highest BCUT2D eigenvalue weighted by Gasteiger charge is 2.21. The first kappa shape index (κ1) is 15.3. The molecule has 0 amide bonds. The van der Waals surface area contributed by atoms with Gasteiger partial charge in [-0.15, -0.1) is 0 Å². The summed E-state index contributed by atoms with van der Waals surface area (Å²) in [5.41, 5.74) is 1.88. The third-order valence-electron chi connectivity index (χ3n) is 4.23. The van der Waals surface area contributed by atoms with Gasteiger partial charge < -0.3 is 10.2 Å². The lowest BCUT2D eigenvalue weighted by Gasteiger charge is -2.33. The molecule has 120 valence electrons. The molecule has 0 atom stereocenters. The van der Waals surface area contributed by atoms with E-state index in [1.165, 1.54) is 6.20 Å². The molecule has 2 aromatic rings. The van der Waals surface area contributed by atoms with Crippen LogP contribution >= 0.6 is 0 Å². The van der Waals surface area contributed by atoms with E-state index in [0.29, 0.717) is 11.6 Å². The Morgan fingerprint density at radius 3 is 2.57 bits per heavy atom. The number of nitrogens with zero attached hydrogens (tertiary/aromatic N) is 3. The zero-order valence-electron chi connectivity index (χ0n) is 13.1. The summed E-state index contributed by atoms with van der Waals surface area (Å²) in [6, 6.07) is 12.5. The minimum atomic E-state index is -0.387. The SMILES string of the molecule is Cc1cc(N2CCC(Nc3ccccc3)CC2)ncc1[N+](=O)[O-]. The van der Waals surface area contributed by atoms with E-state index in [2.05, 4.69) is 27.3 Å². The predicted molar refractivity (Wildman–Crippen MR) is 90.9 cm³/mol. The minimum Gasteiger partial charge on any atom is -0.382 e. The van der Waals surface area contributed by atoms with E-state index >= 15 is 0 Å². The minimum absolute atomic E-state index is 0.0781. The van der Waals surface area contributed by atoms with E-state index in [1.807, 2.05) is 24.3 Å². The lowest BCUT2D eigenvalue weighted by molar-refractivity contribution is -0.385. The molecule has 1 aromatic heterocycles. The van der Waals surface area contributed by atoms with Crippen LogP contribution in [0.1, 0.15) is 18.4 Å². The van der Waals surface area contributed by atoms with Crippen molar-refractivity contribution in [2.45, 2.75) is 25.8 Å². The van der Waals surface area contributed by atoms with Gasteiger partial charge in [0.25, 0.3) is 5.69 Å². The fourth-order valence-corrected chi connectivity index (χ4v) is 2.92. The Bertz CT molecular complexity index is 682. The van der Waals surface area contributed by atoms with Crippen molar-refractivity contribution < 1.29 is 4.92 Å². The average molecular weight is 312 g/mol. The van der Waals surface area contributed by atoms with Crippen molar-refractivity contribution in [3.05, 3.63) is 58.3 Å². The molecule has 0 saturated carbocycles. The molecule has 0 radical (unpaired) electrons. The number of nitrogens with one attached hydrogen (secondary N) is 1. The van der Waals surface area contributed by atoms with Crippen LogP contribution in [0.3, 0.4) is 0 Å². The smallest absolute Gasteiger partial charge is 0.290 e. The van der Waals surface area contributed by atoms with Crippen molar-refractivity contribution in [3.63, 3.8) is 0 Å². The second kappa shape index (κ2) is 6.64. The quantitative estimate of drug-likeness (QED) is 0.692. The molecular weight excluding hydrogens is 292 g/mol. The lowest BCUT2D eigenvalue weighted by Crippen LogP contribution is -2.39. The maximum absolute atomic E-state index is 10.9. The van der Waals surface area contributed by atoms with Gasteiger partial charge in [0.2, 0.25) is 0 Å². The van der Waals surface area contributed by atoms with E-state index in [0.717, 1.165) is 37.4 Å². The number of rotatable bonds is 4. The number of anilines is 2. The van der Waals surface area contributed by atoms with Crippen LogP contribution in [0.15, 0.2) is 42.6 Å². The Morgan fingerprint density at radius 2 is 1.96 bits per heavy atom. The van der Waals surface area contributed by atoms with Crippen molar-refractivity contribution in [2.24, 2.45) is 0 Å². The zero-order valence-corrected chi connectivity index (χ0v) is 13.1. The number of hydrogen-bond acceptors (Lipinski definition) is 5. The fraction of sp³-hybridized carbons (Fsp3) is 0.353. The highest BCUT2D eigenvalue weighted by atomic mass is 16.6. The van der Waals surface area contributed by atoms with Crippen molar-refractivity contribution in [1.29, 1.82) is 0 Å². The molecule has 0 aliphatic carbocycles. The number of para-hydroxylation sites is 1. The van der Waals surface area contributed by atoms with Gasteiger partial charge in [0.15, 0.2) is 0 Å². The fourth-order valence-electron chi connectivity index (χ4n) is 2.92. The third-order valence-corrected chi connectivity index (χ3v) is 4.23. The van der Waals surface area contributed by atoms with Gasteiger partial charge in [-0.3, -0.25) is 10.1 Å². The molecule has 23 heavy (non-hydrogen) atoms. The van der Waals surface area contributed by atoms with Crippen LogP contribution in [0.25, 0.3) is 0 Å². The van der Waals surface area contributed by atoms with Gasteiger partial charge >= 0.3 is 0 Å². The van der Waals surface area contributed by atoms with Crippen LogP contribution in [0.4, 0.5) is 17.2 Å². The summed E-state index contributed by atoms with van der Waals surface area (Å²) in [5.74, 6) is 0.825. The highest BCUT2D eigenvalue weighted by molar-refractivity contribution is 5.49. The number of benzene rings is 1. The first-order valence-electron chi connectivity index (χ1n) is 7.81. The summed E-state index contributed by atoms with van der Waals surface area (Å²) in [6.07, 6.45) is 3.40. The number of aromatic nitrogens is 1. The molecule has 1 aliphatic rings. The molecule has 1 fully saturated rings. The van der Waals surface area contributed by atoms with Crippen LogP contribution in [-0.4, -0.2) is 29.0 Å². The van der Waals surface area contributed by atoms with Crippen LogP contribution in [0.2, 0.25) is 0 Å². The van der Waals surface area contributed by atoms with Gasteiger partial charge in [-0.05, 0) is 38.0 Å². The van der Waals surface area contributed by atoms with Crippen molar-refractivity contribution in [3.8, 4) is 0 Å². The molecule has 1 aliphatic heterocycles. The average Bonchev–Trinajstić information content (AvgIpc) is 2.56. The van der Waals surface area contributed by atoms with Crippen LogP contribution in [0.5, 0.6) is 0 Å². The maximum Gasteiger partial charge on any atom is 0.290 e. The van der Waals surface area contributed by atoms with Crippen molar-refractivity contribution in [2.75, 3.05) is 23.3 Å². The maximum atomic E-state index is 10.9. The van der Waals surface area contributed by atoms with Gasteiger partial charge in [-0.2, -0.15) is 0 Å². The molecule has 6 heteroatoms. The predicted octanol–water partition coefficient (Wildman–Crippen LogP) is 3.38. The molecule has 1 N–H and O–H groups in total. The van der Waals surface area contributed by atoms with Crippen molar-refractivity contribution >= 4 is 17.2 Å². The van der Waals surface area contributed by atoms with Gasteiger partial charge in [0, 0.05) is 30.4 Å². The van der Waals surface area contributed by atoms with Gasteiger partial charge in [-0.1, -0.05) is 18.2 Å². The standard InChI is InChI=1S/C17H20N4O2/c1-13-11-17(18-12-16(13)21(22)23)20-9-7-15(8-10-20)19-14-5-3-2-4-6-14/h2-6,11-12,15,19H,7-10H2,1H3. The molecule has 3 rings (SSSR count). The second-order valence-corrected chi connectivity index (χ2v) is 5.86. The topological polar surface area (TPSA) is 71.3 Å². The first-order valence-corrected chi connectivity index (χ1v) is 7.81. The molecule has 1 saturated heterocycles. The number of hydrogen-bond donors (Lipinski definition) is 1. The highest BCUT2D eigenvalue weighted by Crippen LogP contribution is 2.24. The largest absolute Gasteiger partial charge is 0.382 e. The Hall–Kier alpha value is -2.63. The molecule has 2 heterocycles. The second-order valence-electron chi connectivity index (χ2n) is 5.86. The van der Waals surface area contributed by atoms with E-state index in [-0.39, 0.29) is 10.6 Å². The molecule has 0 bridgehead atoms. The molecule has 0 unspecified atom stereocenters. The van der Waals surface area contributed by atoms with Crippen LogP contribution in [0, 0.1) is 17.0 Å². The Labute approximate surface area is 135 Å². The molecule has 1 aromatic carbocycles. The normalized spacial score (nSPS) is 15.4. The van der Waals surface area contributed by atoms with Gasteiger partial charge in [-0.25, -0.2) is 4.98 Å². The Morgan fingerprint density at radius 1 is 1.26 bits per heavy atom. The van der Waals surface area contributed by atoms with Crippen LogP contribution < -0.4 is 10.2 Å². The number of nitro groups is 1. The molecule has 0 spiro atoms. The van der Waals surface area contributed by atoms with E-state index in [1.54, 1.807) is 6.92 Å². The van der Waals surface area contributed by atoms with E-state index in [4.69, 9.17) is 0 Å². The summed E-state index contributed by atoms with van der Waals surface area (Å²) in [7, 11) is 0. The monoisotopic (exact) mass is 312 g/mol. The van der Waals surface area contributed by atoms with Crippen molar-refractivity contribution in [1.82, 2.24) is 4.98 Å². The zero-order chi connectivity index (χ0) is 16.2. The van der Waals surface area contributed by atoms with E-state index in [9.17, 15) is 10.1 Å². The Balaban J connectivity index is 1.60. The lowest BCUT2D eigenvalue weighted by atomic mass is 10.0. The van der Waals surface area contributed by atoms with Crippen LogP contribution in [-0.2, 0) is 0 Å². The summed E-state index contributed by atoms with van der Waals surface area (Å²) >= 11 is 0.